The summed E-state index contributed by atoms with van der Waals surface area (Å²) >= 11 is 0. The minimum atomic E-state index is 0.110. The maximum absolute atomic E-state index is 5.76. The number of aromatic amines is 1. The van der Waals surface area contributed by atoms with E-state index in [0.29, 0.717) is 6.04 Å². The van der Waals surface area contributed by atoms with Gasteiger partial charge in [0.2, 0.25) is 0 Å². The van der Waals surface area contributed by atoms with Crippen molar-refractivity contribution in [1.29, 1.82) is 0 Å². The minimum Gasteiger partial charge on any atom is -0.378 e. The van der Waals surface area contributed by atoms with Crippen molar-refractivity contribution in [2.45, 2.75) is 51.1 Å². The molecule has 0 bridgehead atoms. The monoisotopic (exact) mass is 306 g/mol. The van der Waals surface area contributed by atoms with Gasteiger partial charge in [0.15, 0.2) is 0 Å². The van der Waals surface area contributed by atoms with Crippen LogP contribution in [-0.2, 0) is 10.2 Å². The number of aromatic nitrogens is 2. The van der Waals surface area contributed by atoms with Gasteiger partial charge in [-0.15, -0.1) is 0 Å². The average Bonchev–Trinajstić information content (AvgIpc) is 2.98. The number of hydrogen-bond donors (Lipinski definition) is 1. The maximum atomic E-state index is 5.76. The number of piperidine rings is 1. The predicted octanol–water partition coefficient (Wildman–Crippen LogP) is 2.17. The van der Waals surface area contributed by atoms with Gasteiger partial charge in [-0.2, -0.15) is 0 Å². The second-order valence-electron chi connectivity index (χ2n) is 7.80. The summed E-state index contributed by atoms with van der Waals surface area (Å²) in [4.78, 5) is 13.3. The van der Waals surface area contributed by atoms with E-state index in [1.54, 1.807) is 0 Å². The van der Waals surface area contributed by atoms with Gasteiger partial charge < -0.3 is 14.6 Å². The van der Waals surface area contributed by atoms with Crippen LogP contribution < -0.4 is 0 Å². The molecule has 2 fully saturated rings. The van der Waals surface area contributed by atoms with Crippen molar-refractivity contribution in [3.63, 3.8) is 0 Å². The van der Waals surface area contributed by atoms with Crippen molar-refractivity contribution in [2.24, 2.45) is 0 Å². The van der Waals surface area contributed by atoms with E-state index in [1.807, 2.05) is 6.20 Å². The number of nitrogens with one attached hydrogen (secondary N) is 1. The lowest BCUT2D eigenvalue weighted by atomic mass is 9.93. The van der Waals surface area contributed by atoms with E-state index in [2.05, 4.69) is 47.6 Å². The number of nitrogens with zero attached hydrogens (tertiary/aromatic N) is 3. The highest BCUT2D eigenvalue weighted by Crippen LogP contribution is 2.30. The van der Waals surface area contributed by atoms with E-state index in [4.69, 9.17) is 4.74 Å². The Bertz CT molecular complexity index is 485. The first-order chi connectivity index (χ1) is 10.4. The molecule has 1 unspecified atom stereocenters. The van der Waals surface area contributed by atoms with Crippen LogP contribution in [0.3, 0.4) is 0 Å². The average molecular weight is 306 g/mol. The summed E-state index contributed by atoms with van der Waals surface area (Å²) in [6.07, 6.45) is 4.50. The largest absolute Gasteiger partial charge is 0.378 e. The zero-order valence-electron chi connectivity index (χ0n) is 14.4. The Balaban J connectivity index is 1.76. The van der Waals surface area contributed by atoms with E-state index < -0.39 is 0 Å². The van der Waals surface area contributed by atoms with Crippen LogP contribution >= 0.6 is 0 Å². The molecule has 3 heterocycles. The number of ether oxygens (including phenoxy) is 1. The number of morpholine rings is 1. The van der Waals surface area contributed by atoms with Gasteiger partial charge in [-0.3, -0.25) is 4.90 Å². The van der Waals surface area contributed by atoms with Crippen molar-refractivity contribution in [3.05, 3.63) is 17.7 Å². The van der Waals surface area contributed by atoms with Crippen LogP contribution in [0.15, 0.2) is 6.20 Å². The molecule has 1 aromatic rings. The summed E-state index contributed by atoms with van der Waals surface area (Å²) in [5.41, 5.74) is 1.32. The van der Waals surface area contributed by atoms with Crippen LogP contribution in [0.4, 0.5) is 0 Å². The lowest BCUT2D eigenvalue weighted by Gasteiger charge is -2.43. The summed E-state index contributed by atoms with van der Waals surface area (Å²) in [6, 6.07) is 0.937. The first kappa shape index (κ1) is 16.0. The summed E-state index contributed by atoms with van der Waals surface area (Å²) in [5, 5.41) is 0. The first-order valence-electron chi connectivity index (χ1n) is 8.52. The lowest BCUT2D eigenvalue weighted by Crippen LogP contribution is -2.50. The van der Waals surface area contributed by atoms with Crippen molar-refractivity contribution >= 4 is 0 Å². The van der Waals surface area contributed by atoms with Gasteiger partial charge in [0.1, 0.15) is 5.82 Å². The molecule has 5 nitrogen and oxygen atoms in total. The zero-order chi connectivity index (χ0) is 15.7. The Kier molecular flexibility index (Phi) is 4.57. The fraction of sp³-hybridized carbons (Fsp3) is 0.824. The molecule has 0 aromatic carbocycles. The third-order valence-corrected chi connectivity index (χ3v) is 5.05. The Morgan fingerprint density at radius 3 is 2.59 bits per heavy atom. The van der Waals surface area contributed by atoms with E-state index in [-0.39, 0.29) is 11.5 Å². The molecule has 5 heteroatoms. The molecular weight excluding hydrogens is 276 g/mol. The molecule has 0 aliphatic carbocycles. The molecule has 3 rings (SSSR count). The van der Waals surface area contributed by atoms with Gasteiger partial charge in [0.05, 0.1) is 19.3 Å². The number of likely N-dealkylation sites (tertiary alicyclic amines) is 1. The molecule has 2 aliphatic heterocycles. The molecule has 2 aliphatic rings. The molecule has 0 spiro atoms. The smallest absolute Gasteiger partial charge is 0.126 e. The summed E-state index contributed by atoms with van der Waals surface area (Å²) in [5.74, 6) is 1.07. The van der Waals surface area contributed by atoms with Gasteiger partial charge >= 0.3 is 0 Å². The molecule has 0 radical (unpaired) electrons. The molecule has 2 saturated heterocycles. The van der Waals surface area contributed by atoms with E-state index in [1.165, 1.54) is 31.6 Å². The standard InChI is InChI=1S/C17H30N4O/c1-17(2,3)15-11-18-16(19-15)14-12-22-10-9-21(14)13-5-7-20(4)8-6-13/h11,13-14H,5-10,12H2,1-4H3,(H,18,19). The van der Waals surface area contributed by atoms with Gasteiger partial charge in [0.25, 0.3) is 0 Å². The Labute approximate surface area is 134 Å². The van der Waals surface area contributed by atoms with Crippen LogP contribution in [0, 0.1) is 0 Å². The quantitative estimate of drug-likeness (QED) is 0.909. The van der Waals surface area contributed by atoms with E-state index in [9.17, 15) is 0 Å². The second-order valence-corrected chi connectivity index (χ2v) is 7.80. The number of imidazole rings is 1. The Morgan fingerprint density at radius 2 is 1.95 bits per heavy atom. The number of hydrogen-bond acceptors (Lipinski definition) is 4. The molecule has 0 amide bonds. The minimum absolute atomic E-state index is 0.110. The molecule has 22 heavy (non-hydrogen) atoms. The Morgan fingerprint density at radius 1 is 1.23 bits per heavy atom. The van der Waals surface area contributed by atoms with E-state index in [0.717, 1.165) is 25.6 Å². The van der Waals surface area contributed by atoms with Gasteiger partial charge in [-0.1, -0.05) is 20.8 Å². The van der Waals surface area contributed by atoms with Crippen LogP contribution in [0.1, 0.15) is 51.2 Å². The number of H-pyrrole nitrogens is 1. The topological polar surface area (TPSA) is 44.4 Å². The summed E-state index contributed by atoms with van der Waals surface area (Å²) in [7, 11) is 2.22. The SMILES string of the molecule is CN1CCC(N2CCOCC2c2ncc(C(C)(C)C)[nH]2)CC1. The van der Waals surface area contributed by atoms with Crippen LogP contribution in [0.2, 0.25) is 0 Å². The molecule has 124 valence electrons. The number of rotatable bonds is 2. The molecular formula is C17H30N4O. The highest BCUT2D eigenvalue weighted by molar-refractivity contribution is 5.14. The van der Waals surface area contributed by atoms with Crippen molar-refractivity contribution in [3.8, 4) is 0 Å². The van der Waals surface area contributed by atoms with Gasteiger partial charge in [-0.05, 0) is 33.0 Å². The molecule has 1 aromatic heterocycles. The van der Waals surface area contributed by atoms with Crippen LogP contribution in [-0.4, -0.2) is 65.7 Å². The van der Waals surface area contributed by atoms with Crippen molar-refractivity contribution in [2.75, 3.05) is 39.9 Å². The van der Waals surface area contributed by atoms with Crippen LogP contribution in [0.5, 0.6) is 0 Å². The fourth-order valence-corrected chi connectivity index (χ4v) is 3.50. The zero-order valence-corrected chi connectivity index (χ0v) is 14.4. The molecule has 1 N–H and O–H groups in total. The third-order valence-electron chi connectivity index (χ3n) is 5.05. The van der Waals surface area contributed by atoms with Crippen molar-refractivity contribution < 1.29 is 4.74 Å². The molecule has 0 saturated carbocycles. The highest BCUT2D eigenvalue weighted by Gasteiger charge is 2.34. The summed E-state index contributed by atoms with van der Waals surface area (Å²) in [6.45, 7) is 11.7. The highest BCUT2D eigenvalue weighted by atomic mass is 16.5. The van der Waals surface area contributed by atoms with Gasteiger partial charge in [0, 0.05) is 29.9 Å². The lowest BCUT2D eigenvalue weighted by molar-refractivity contribution is -0.0442. The normalized spacial score (nSPS) is 26.5. The van der Waals surface area contributed by atoms with Crippen LogP contribution in [0.25, 0.3) is 0 Å². The fourth-order valence-electron chi connectivity index (χ4n) is 3.50. The maximum Gasteiger partial charge on any atom is 0.126 e. The summed E-state index contributed by atoms with van der Waals surface area (Å²) < 4.78 is 5.76. The van der Waals surface area contributed by atoms with Crippen molar-refractivity contribution in [1.82, 2.24) is 19.8 Å². The third kappa shape index (κ3) is 3.36. The predicted molar refractivity (Wildman–Crippen MR) is 88.1 cm³/mol. The van der Waals surface area contributed by atoms with E-state index >= 15 is 0 Å². The van der Waals surface area contributed by atoms with Gasteiger partial charge in [-0.25, -0.2) is 4.98 Å². The molecule has 1 atom stereocenters. The Hall–Kier alpha value is -0.910. The first-order valence-corrected chi connectivity index (χ1v) is 8.52. The second kappa shape index (κ2) is 6.30.